The van der Waals surface area contributed by atoms with Crippen LogP contribution in [0.25, 0.3) is 0 Å². The molecule has 1 aromatic carbocycles. The Morgan fingerprint density at radius 2 is 1.95 bits per heavy atom. The molecule has 1 aromatic rings. The minimum atomic E-state index is 0.600. The van der Waals surface area contributed by atoms with Crippen molar-refractivity contribution in [2.45, 2.75) is 64.5 Å². The van der Waals surface area contributed by atoms with Gasteiger partial charge >= 0.3 is 0 Å². The molecule has 2 aliphatic heterocycles. The van der Waals surface area contributed by atoms with Crippen molar-refractivity contribution in [3.05, 3.63) is 29.8 Å². The maximum Gasteiger partial charge on any atom is 0.0415 e. The smallest absolute Gasteiger partial charge is 0.0415 e. The van der Waals surface area contributed by atoms with Crippen molar-refractivity contribution in [2.24, 2.45) is 0 Å². The van der Waals surface area contributed by atoms with Gasteiger partial charge in [-0.2, -0.15) is 0 Å². The maximum atomic E-state index is 2.76. The van der Waals surface area contributed by atoms with Crippen LogP contribution < -0.4 is 4.90 Å². The number of piperazine rings is 1. The SMILES string of the molecule is CCC1CN2CCCCC2CN1c1ccccc1C(C)C. The summed E-state index contributed by atoms with van der Waals surface area (Å²) < 4.78 is 0. The molecule has 116 valence electrons. The molecule has 0 bridgehead atoms. The first-order valence-corrected chi connectivity index (χ1v) is 8.80. The number of benzene rings is 1. The number of hydrogen-bond acceptors (Lipinski definition) is 2. The highest BCUT2D eigenvalue weighted by molar-refractivity contribution is 5.56. The van der Waals surface area contributed by atoms with E-state index in [4.69, 9.17) is 0 Å². The second kappa shape index (κ2) is 6.39. The summed E-state index contributed by atoms with van der Waals surface area (Å²) in [6.45, 7) is 10.8. The predicted octanol–water partition coefficient (Wildman–Crippen LogP) is 4.26. The average Bonchev–Trinajstić information content (AvgIpc) is 2.53. The van der Waals surface area contributed by atoms with Gasteiger partial charge in [-0.3, -0.25) is 4.90 Å². The molecular formula is C19H30N2. The molecular weight excluding hydrogens is 256 g/mol. The van der Waals surface area contributed by atoms with Gasteiger partial charge in [0.2, 0.25) is 0 Å². The Labute approximate surface area is 130 Å². The zero-order valence-corrected chi connectivity index (χ0v) is 13.9. The van der Waals surface area contributed by atoms with Gasteiger partial charge in [0, 0.05) is 30.9 Å². The molecule has 0 aliphatic carbocycles. The number of piperidine rings is 1. The van der Waals surface area contributed by atoms with Gasteiger partial charge in [-0.25, -0.2) is 0 Å². The molecule has 2 atom stereocenters. The fourth-order valence-electron chi connectivity index (χ4n) is 4.13. The van der Waals surface area contributed by atoms with Crippen LogP contribution in [-0.2, 0) is 0 Å². The molecule has 2 heterocycles. The number of rotatable bonds is 3. The number of hydrogen-bond donors (Lipinski definition) is 0. The maximum absolute atomic E-state index is 2.76. The normalized spacial score (nSPS) is 27.0. The summed E-state index contributed by atoms with van der Waals surface area (Å²) in [5, 5.41) is 0. The van der Waals surface area contributed by atoms with Crippen LogP contribution in [0.3, 0.4) is 0 Å². The minimum Gasteiger partial charge on any atom is -0.365 e. The fraction of sp³-hybridized carbons (Fsp3) is 0.684. The summed E-state index contributed by atoms with van der Waals surface area (Å²) in [6, 6.07) is 10.5. The summed E-state index contributed by atoms with van der Waals surface area (Å²) in [5.74, 6) is 0.600. The van der Waals surface area contributed by atoms with Crippen LogP contribution >= 0.6 is 0 Å². The lowest BCUT2D eigenvalue weighted by Gasteiger charge is -2.50. The van der Waals surface area contributed by atoms with E-state index in [2.05, 4.69) is 54.8 Å². The van der Waals surface area contributed by atoms with E-state index in [0.717, 1.165) is 6.04 Å². The molecule has 2 aliphatic rings. The zero-order valence-electron chi connectivity index (χ0n) is 13.9. The highest BCUT2D eigenvalue weighted by atomic mass is 15.3. The molecule has 0 saturated carbocycles. The van der Waals surface area contributed by atoms with Crippen molar-refractivity contribution in [1.29, 1.82) is 0 Å². The number of anilines is 1. The van der Waals surface area contributed by atoms with E-state index < -0.39 is 0 Å². The van der Waals surface area contributed by atoms with Gasteiger partial charge in [-0.05, 0) is 43.4 Å². The van der Waals surface area contributed by atoms with Gasteiger partial charge in [0.15, 0.2) is 0 Å². The average molecular weight is 286 g/mol. The molecule has 0 N–H and O–H groups in total. The van der Waals surface area contributed by atoms with E-state index in [-0.39, 0.29) is 0 Å². The summed E-state index contributed by atoms with van der Waals surface area (Å²) in [5.41, 5.74) is 3.00. The molecule has 0 amide bonds. The molecule has 0 radical (unpaired) electrons. The second-order valence-electron chi connectivity index (χ2n) is 7.07. The third-order valence-electron chi connectivity index (χ3n) is 5.38. The Hall–Kier alpha value is -1.02. The molecule has 2 heteroatoms. The van der Waals surface area contributed by atoms with Crippen molar-refractivity contribution in [1.82, 2.24) is 4.90 Å². The third kappa shape index (κ3) is 2.96. The van der Waals surface area contributed by atoms with Crippen molar-refractivity contribution >= 4 is 5.69 Å². The van der Waals surface area contributed by atoms with Crippen molar-refractivity contribution < 1.29 is 0 Å². The van der Waals surface area contributed by atoms with Crippen LogP contribution in [0.1, 0.15) is 57.9 Å². The summed E-state index contributed by atoms with van der Waals surface area (Å²) >= 11 is 0. The monoisotopic (exact) mass is 286 g/mol. The molecule has 2 fully saturated rings. The van der Waals surface area contributed by atoms with Crippen molar-refractivity contribution in [2.75, 3.05) is 24.5 Å². The first kappa shape index (κ1) is 14.9. The number of nitrogens with zero attached hydrogens (tertiary/aromatic N) is 2. The van der Waals surface area contributed by atoms with E-state index >= 15 is 0 Å². The Morgan fingerprint density at radius 1 is 1.14 bits per heavy atom. The highest BCUT2D eigenvalue weighted by Gasteiger charge is 2.34. The van der Waals surface area contributed by atoms with E-state index in [1.807, 2.05) is 0 Å². The summed E-state index contributed by atoms with van der Waals surface area (Å²) in [7, 11) is 0. The lowest BCUT2D eigenvalue weighted by Crippen LogP contribution is -2.59. The van der Waals surface area contributed by atoms with Gasteiger partial charge in [-0.1, -0.05) is 45.4 Å². The molecule has 21 heavy (non-hydrogen) atoms. The first-order valence-electron chi connectivity index (χ1n) is 8.80. The van der Waals surface area contributed by atoms with E-state index in [1.165, 1.54) is 56.6 Å². The Morgan fingerprint density at radius 3 is 2.71 bits per heavy atom. The lowest BCUT2D eigenvalue weighted by molar-refractivity contribution is 0.111. The molecule has 0 spiro atoms. The van der Waals surface area contributed by atoms with Gasteiger partial charge in [0.25, 0.3) is 0 Å². The predicted molar refractivity (Wildman–Crippen MR) is 91.2 cm³/mol. The standard InChI is InChI=1S/C19H30N2/c1-4-16-13-20-12-8-7-9-17(20)14-21(16)19-11-6-5-10-18(19)15(2)3/h5-6,10-11,15-17H,4,7-9,12-14H2,1-3H3. The Kier molecular flexibility index (Phi) is 4.54. The van der Waals surface area contributed by atoms with Crippen LogP contribution in [0.4, 0.5) is 5.69 Å². The van der Waals surface area contributed by atoms with Crippen LogP contribution in [-0.4, -0.2) is 36.6 Å². The fourth-order valence-corrected chi connectivity index (χ4v) is 4.13. The molecule has 2 saturated heterocycles. The molecule has 2 nitrogen and oxygen atoms in total. The van der Waals surface area contributed by atoms with E-state index in [0.29, 0.717) is 12.0 Å². The quantitative estimate of drug-likeness (QED) is 0.819. The van der Waals surface area contributed by atoms with Gasteiger partial charge in [-0.15, -0.1) is 0 Å². The van der Waals surface area contributed by atoms with Crippen molar-refractivity contribution in [3.63, 3.8) is 0 Å². The third-order valence-corrected chi connectivity index (χ3v) is 5.38. The summed E-state index contributed by atoms with van der Waals surface area (Å²) in [4.78, 5) is 5.48. The highest BCUT2D eigenvalue weighted by Crippen LogP contribution is 2.34. The summed E-state index contributed by atoms with van der Waals surface area (Å²) in [6.07, 6.45) is 5.44. The Bertz CT molecular complexity index is 468. The molecule has 3 rings (SSSR count). The molecule has 2 unspecified atom stereocenters. The van der Waals surface area contributed by atoms with Crippen LogP contribution in [0.5, 0.6) is 0 Å². The first-order chi connectivity index (χ1) is 10.2. The van der Waals surface area contributed by atoms with E-state index in [1.54, 1.807) is 0 Å². The topological polar surface area (TPSA) is 6.48 Å². The number of para-hydroxylation sites is 1. The van der Waals surface area contributed by atoms with E-state index in [9.17, 15) is 0 Å². The van der Waals surface area contributed by atoms with Gasteiger partial charge in [0.1, 0.15) is 0 Å². The minimum absolute atomic E-state index is 0.600. The van der Waals surface area contributed by atoms with Crippen LogP contribution in [0, 0.1) is 0 Å². The molecule has 0 aromatic heterocycles. The number of fused-ring (bicyclic) bond motifs is 1. The zero-order chi connectivity index (χ0) is 14.8. The lowest BCUT2D eigenvalue weighted by atomic mass is 9.93. The second-order valence-corrected chi connectivity index (χ2v) is 7.07. The Balaban J connectivity index is 1.89. The van der Waals surface area contributed by atoms with Gasteiger partial charge < -0.3 is 4.90 Å². The van der Waals surface area contributed by atoms with Crippen molar-refractivity contribution in [3.8, 4) is 0 Å². The van der Waals surface area contributed by atoms with Crippen LogP contribution in [0.2, 0.25) is 0 Å². The van der Waals surface area contributed by atoms with Gasteiger partial charge in [0.05, 0.1) is 0 Å². The largest absolute Gasteiger partial charge is 0.365 e. The van der Waals surface area contributed by atoms with Crippen LogP contribution in [0.15, 0.2) is 24.3 Å².